The summed E-state index contributed by atoms with van der Waals surface area (Å²) in [5, 5.41) is 50.9. The Hall–Kier alpha value is -2.27. The molecule has 5 N–H and O–H groups in total. The summed E-state index contributed by atoms with van der Waals surface area (Å²) in [6.45, 7) is 15.8. The molecule has 1 heterocycles. The van der Waals surface area contributed by atoms with Gasteiger partial charge in [0.25, 0.3) is 0 Å². The topological polar surface area (TPSA) is 171 Å². The van der Waals surface area contributed by atoms with Gasteiger partial charge < -0.3 is 35.0 Å². The van der Waals surface area contributed by atoms with Crippen LogP contribution < -0.4 is 0 Å². The van der Waals surface area contributed by atoms with E-state index in [9.17, 15) is 39.9 Å². The number of allylic oxidation sites excluding steroid dienone is 3. The van der Waals surface area contributed by atoms with Gasteiger partial charge in [0.2, 0.25) is 0 Å². The van der Waals surface area contributed by atoms with Gasteiger partial charge in [0.1, 0.15) is 18.1 Å². The molecule has 0 bridgehead atoms. The van der Waals surface area contributed by atoms with E-state index in [1.54, 1.807) is 0 Å². The first-order valence-corrected chi connectivity index (χ1v) is 17.1. The van der Waals surface area contributed by atoms with Crippen LogP contribution in [0.3, 0.4) is 0 Å². The molecule has 0 spiro atoms. The van der Waals surface area contributed by atoms with Crippen molar-refractivity contribution >= 4 is 17.9 Å². The number of carboxylic acids is 3. The van der Waals surface area contributed by atoms with Crippen LogP contribution in [0.25, 0.3) is 0 Å². The fraction of sp³-hybridized carbons (Fsp3) is 0.806. The van der Waals surface area contributed by atoms with E-state index < -0.39 is 65.4 Å². The maximum atomic E-state index is 12.8. The molecule has 13 atom stereocenters. The van der Waals surface area contributed by atoms with Crippen molar-refractivity contribution in [3.05, 3.63) is 23.8 Å². The molecule has 10 nitrogen and oxygen atoms in total. The monoisotopic (exact) mass is 644 g/mol. The maximum Gasteiger partial charge on any atom is 0.335 e. The molecule has 0 aromatic carbocycles. The Balaban J connectivity index is 1.30. The van der Waals surface area contributed by atoms with Gasteiger partial charge in [-0.15, -0.1) is 0 Å². The second-order valence-electron chi connectivity index (χ2n) is 16.9. The van der Waals surface area contributed by atoms with E-state index in [4.69, 9.17) is 9.47 Å². The number of aliphatic hydroxyl groups is 2. The van der Waals surface area contributed by atoms with E-state index in [1.165, 1.54) is 5.57 Å². The summed E-state index contributed by atoms with van der Waals surface area (Å²) in [4.78, 5) is 36.8. The van der Waals surface area contributed by atoms with E-state index in [0.717, 1.165) is 50.5 Å². The third-order valence-electron chi connectivity index (χ3n) is 14.8. The fourth-order valence-electron chi connectivity index (χ4n) is 12.0. The quantitative estimate of drug-likeness (QED) is 0.202. The second kappa shape index (κ2) is 10.9. The van der Waals surface area contributed by atoms with Crippen LogP contribution in [0.5, 0.6) is 0 Å². The van der Waals surface area contributed by atoms with Gasteiger partial charge in [0.05, 0.1) is 11.5 Å². The highest BCUT2D eigenvalue weighted by molar-refractivity contribution is 5.77. The van der Waals surface area contributed by atoms with Gasteiger partial charge in [-0.25, -0.2) is 4.79 Å². The smallest absolute Gasteiger partial charge is 0.335 e. The second-order valence-corrected chi connectivity index (χ2v) is 16.9. The molecule has 5 aliphatic carbocycles. The number of aliphatic hydroxyl groups excluding tert-OH is 2. The summed E-state index contributed by atoms with van der Waals surface area (Å²) in [7, 11) is 0. The Morgan fingerprint density at radius 1 is 0.891 bits per heavy atom. The Bertz CT molecular complexity index is 1350. The van der Waals surface area contributed by atoms with Crippen LogP contribution in [0.15, 0.2) is 23.8 Å². The van der Waals surface area contributed by atoms with Crippen LogP contribution in [-0.2, 0) is 23.9 Å². The highest BCUT2D eigenvalue weighted by Gasteiger charge is 2.69. The SMILES string of the molecule is C=C1CC[C@]2(C(=O)O)CC[C@]3(C)C(=CC[C@@H]4[C@@]5(C)CCC(O[C@@H]6O[C@H](C(=O)O)[C@@H](O)[C@H](O)[C@H]6C(=O)O)C(C)(C)[C@@H]5CC[C@]43C)[C@@H]2C1. The van der Waals surface area contributed by atoms with Crippen LogP contribution in [0.2, 0.25) is 0 Å². The normalized spacial score (nSPS) is 49.8. The average molecular weight is 645 g/mol. The molecule has 1 saturated heterocycles. The molecule has 0 aromatic rings. The lowest BCUT2D eigenvalue weighted by atomic mass is 9.34. The molecule has 6 aliphatic rings. The largest absolute Gasteiger partial charge is 0.481 e. The number of rotatable bonds is 5. The van der Waals surface area contributed by atoms with Crippen LogP contribution in [-0.4, -0.2) is 74.1 Å². The van der Waals surface area contributed by atoms with Crippen LogP contribution >= 0.6 is 0 Å². The standard InChI is InChI=1S/C36H52O10/c1-18-9-14-36(31(43)44)16-15-34(5)19(20(36)17-18)7-8-22-33(4)12-11-23(32(2,3)21(33)10-13-35(22,34)6)45-30-24(28(39)40)25(37)26(38)27(46-30)29(41)42/h7,20-27,30,37-38H,1,8-17H2,2-6H3,(H,39,40)(H,41,42)(H,43,44)/t20-,21-,22+,23?,24-,25+,26-,27-,30+,33-,34+,35+,36-/m0/s1. The summed E-state index contributed by atoms with van der Waals surface area (Å²) in [5.74, 6) is -4.68. The first kappa shape index (κ1) is 33.6. The van der Waals surface area contributed by atoms with E-state index in [-0.39, 0.29) is 28.1 Å². The first-order valence-electron chi connectivity index (χ1n) is 17.1. The van der Waals surface area contributed by atoms with Gasteiger partial charge in [-0.3, -0.25) is 9.59 Å². The third kappa shape index (κ3) is 4.45. The molecule has 0 amide bonds. The van der Waals surface area contributed by atoms with Gasteiger partial charge in [0.15, 0.2) is 12.4 Å². The van der Waals surface area contributed by atoms with E-state index in [0.29, 0.717) is 25.2 Å². The van der Waals surface area contributed by atoms with Crippen LogP contribution in [0.4, 0.5) is 0 Å². The molecule has 1 aliphatic heterocycles. The van der Waals surface area contributed by atoms with Crippen molar-refractivity contribution in [3.63, 3.8) is 0 Å². The van der Waals surface area contributed by atoms with Crippen molar-refractivity contribution < 1.29 is 49.4 Å². The minimum atomic E-state index is -1.89. The van der Waals surface area contributed by atoms with Crippen LogP contribution in [0, 0.1) is 50.7 Å². The molecule has 6 rings (SSSR count). The maximum absolute atomic E-state index is 12.8. The highest BCUT2D eigenvalue weighted by Crippen LogP contribution is 2.75. The van der Waals surface area contributed by atoms with Crippen molar-refractivity contribution in [1.82, 2.24) is 0 Å². The summed E-state index contributed by atoms with van der Waals surface area (Å²) in [5.41, 5.74) is 1.10. The summed E-state index contributed by atoms with van der Waals surface area (Å²) < 4.78 is 11.9. The van der Waals surface area contributed by atoms with Crippen molar-refractivity contribution in [1.29, 1.82) is 0 Å². The van der Waals surface area contributed by atoms with E-state index in [2.05, 4.69) is 47.3 Å². The first-order chi connectivity index (χ1) is 21.3. The lowest BCUT2D eigenvalue weighted by Gasteiger charge is -2.71. The molecule has 46 heavy (non-hydrogen) atoms. The minimum absolute atomic E-state index is 0.0185. The number of aliphatic carboxylic acids is 3. The number of fused-ring (bicyclic) bond motifs is 7. The average Bonchev–Trinajstić information content (AvgIpc) is 2.96. The van der Waals surface area contributed by atoms with Crippen molar-refractivity contribution in [2.24, 2.45) is 50.7 Å². The predicted octanol–water partition coefficient (Wildman–Crippen LogP) is 5.02. The van der Waals surface area contributed by atoms with Crippen molar-refractivity contribution in [2.75, 3.05) is 0 Å². The minimum Gasteiger partial charge on any atom is -0.481 e. The number of carbonyl (C=O) groups is 3. The molecule has 0 radical (unpaired) electrons. The molecular weight excluding hydrogens is 592 g/mol. The lowest BCUT2D eigenvalue weighted by molar-refractivity contribution is -0.310. The van der Waals surface area contributed by atoms with Crippen molar-refractivity contribution in [3.8, 4) is 0 Å². The fourth-order valence-corrected chi connectivity index (χ4v) is 12.0. The summed E-state index contributed by atoms with van der Waals surface area (Å²) >= 11 is 0. The number of hydrogen-bond acceptors (Lipinski definition) is 7. The Kier molecular flexibility index (Phi) is 7.95. The number of hydrogen-bond donors (Lipinski definition) is 5. The summed E-state index contributed by atoms with van der Waals surface area (Å²) in [6.07, 6.45) is 2.79. The number of carboxylic acid groups (broad SMARTS) is 3. The van der Waals surface area contributed by atoms with E-state index in [1.807, 2.05) is 0 Å². The zero-order valence-corrected chi connectivity index (χ0v) is 27.8. The molecule has 10 heteroatoms. The molecule has 5 fully saturated rings. The van der Waals surface area contributed by atoms with Crippen molar-refractivity contribution in [2.45, 2.75) is 130 Å². The molecule has 256 valence electrons. The van der Waals surface area contributed by atoms with E-state index >= 15 is 0 Å². The zero-order chi connectivity index (χ0) is 33.8. The van der Waals surface area contributed by atoms with Gasteiger partial charge in [-0.2, -0.15) is 0 Å². The lowest BCUT2D eigenvalue weighted by Crippen LogP contribution is -2.65. The Morgan fingerprint density at radius 2 is 1.59 bits per heavy atom. The zero-order valence-electron chi connectivity index (χ0n) is 27.8. The molecule has 4 saturated carbocycles. The van der Waals surface area contributed by atoms with Gasteiger partial charge in [-0.1, -0.05) is 58.4 Å². The molecular formula is C36H52O10. The number of ether oxygens (including phenoxy) is 2. The predicted molar refractivity (Wildman–Crippen MR) is 166 cm³/mol. The summed E-state index contributed by atoms with van der Waals surface area (Å²) in [6, 6.07) is 0. The van der Waals surface area contributed by atoms with Gasteiger partial charge in [-0.05, 0) is 97.7 Å². The highest BCUT2D eigenvalue weighted by atomic mass is 16.7. The molecule has 1 unspecified atom stereocenters. The molecule has 0 aromatic heterocycles. The Labute approximate surface area is 271 Å². The Morgan fingerprint density at radius 3 is 2.22 bits per heavy atom. The van der Waals surface area contributed by atoms with Gasteiger partial charge >= 0.3 is 17.9 Å². The van der Waals surface area contributed by atoms with Gasteiger partial charge in [0, 0.05) is 5.92 Å². The third-order valence-corrected chi connectivity index (χ3v) is 14.8. The van der Waals surface area contributed by atoms with Crippen LogP contribution in [0.1, 0.15) is 98.8 Å².